The van der Waals surface area contributed by atoms with Gasteiger partial charge in [0.25, 0.3) is 11.5 Å². The highest BCUT2D eigenvalue weighted by molar-refractivity contribution is 7.88. The van der Waals surface area contributed by atoms with E-state index in [9.17, 15) is 18.0 Å². The third-order valence-electron chi connectivity index (χ3n) is 3.82. The average Bonchev–Trinajstić information content (AvgIpc) is 2.91. The number of amides is 1. The molecule has 1 saturated heterocycles. The van der Waals surface area contributed by atoms with E-state index < -0.39 is 10.0 Å². The van der Waals surface area contributed by atoms with Gasteiger partial charge in [0, 0.05) is 30.7 Å². The first-order valence-electron chi connectivity index (χ1n) is 7.21. The fourth-order valence-electron chi connectivity index (χ4n) is 2.74. The van der Waals surface area contributed by atoms with Gasteiger partial charge < -0.3 is 9.88 Å². The van der Waals surface area contributed by atoms with Gasteiger partial charge in [0.15, 0.2) is 0 Å². The van der Waals surface area contributed by atoms with Crippen LogP contribution in [0.4, 0.5) is 0 Å². The van der Waals surface area contributed by atoms with Gasteiger partial charge >= 0.3 is 0 Å². The summed E-state index contributed by atoms with van der Waals surface area (Å²) in [6.45, 7) is 0.993. The Hall–Kier alpha value is -1.71. The molecule has 0 bridgehead atoms. The summed E-state index contributed by atoms with van der Waals surface area (Å²) in [5, 5.41) is 0.760. The minimum atomic E-state index is -3.23. The molecule has 1 aliphatic heterocycles. The molecule has 2 N–H and O–H groups in total. The zero-order chi connectivity index (χ0) is 16.6. The van der Waals surface area contributed by atoms with E-state index >= 15 is 0 Å². The van der Waals surface area contributed by atoms with E-state index in [0.29, 0.717) is 35.5 Å². The lowest BCUT2D eigenvalue weighted by Crippen LogP contribution is -2.46. The SMILES string of the molecule is CS(=O)(=O)NC1CCN(C(=O)c2cc3cc[nH]c(=O)c3s2)CC1. The van der Waals surface area contributed by atoms with Gasteiger partial charge in [0.1, 0.15) is 4.70 Å². The van der Waals surface area contributed by atoms with Crippen molar-refractivity contribution in [3.8, 4) is 0 Å². The number of carbonyl (C=O) groups excluding carboxylic acids is 1. The molecule has 23 heavy (non-hydrogen) atoms. The number of nitrogens with zero attached hydrogens (tertiary/aromatic N) is 1. The predicted molar refractivity (Wildman–Crippen MR) is 89.4 cm³/mol. The van der Waals surface area contributed by atoms with Gasteiger partial charge in [0.2, 0.25) is 10.0 Å². The molecular weight excluding hydrogens is 338 g/mol. The summed E-state index contributed by atoms with van der Waals surface area (Å²) in [6, 6.07) is 3.38. The van der Waals surface area contributed by atoms with Crippen LogP contribution in [0.3, 0.4) is 0 Å². The first-order valence-corrected chi connectivity index (χ1v) is 9.92. The molecule has 7 nitrogen and oxygen atoms in total. The van der Waals surface area contributed by atoms with Crippen molar-refractivity contribution in [2.45, 2.75) is 18.9 Å². The highest BCUT2D eigenvalue weighted by Crippen LogP contribution is 2.24. The second kappa shape index (κ2) is 6.06. The summed E-state index contributed by atoms with van der Waals surface area (Å²) >= 11 is 1.19. The number of thiophene rings is 1. The molecule has 1 aliphatic rings. The Balaban J connectivity index is 1.71. The molecule has 124 valence electrons. The van der Waals surface area contributed by atoms with Gasteiger partial charge in [0.05, 0.1) is 11.1 Å². The highest BCUT2D eigenvalue weighted by Gasteiger charge is 2.26. The predicted octanol–water partition coefficient (Wildman–Crippen LogP) is 0.743. The Morgan fingerprint density at radius 3 is 2.70 bits per heavy atom. The van der Waals surface area contributed by atoms with Gasteiger partial charge in [-0.3, -0.25) is 9.59 Å². The molecule has 3 rings (SSSR count). The minimum absolute atomic E-state index is 0.108. The smallest absolute Gasteiger partial charge is 0.265 e. The number of aromatic amines is 1. The van der Waals surface area contributed by atoms with E-state index in [-0.39, 0.29) is 17.5 Å². The second-order valence-corrected chi connectivity index (χ2v) is 8.49. The normalized spacial score (nSPS) is 16.8. The fourth-order valence-corrected chi connectivity index (χ4v) is 4.60. The van der Waals surface area contributed by atoms with Crippen molar-refractivity contribution in [1.82, 2.24) is 14.6 Å². The summed E-state index contributed by atoms with van der Waals surface area (Å²) in [5.41, 5.74) is -0.192. The number of carbonyl (C=O) groups is 1. The van der Waals surface area contributed by atoms with Crippen molar-refractivity contribution in [3.63, 3.8) is 0 Å². The third kappa shape index (κ3) is 3.62. The summed E-state index contributed by atoms with van der Waals surface area (Å²) in [4.78, 5) is 29.1. The number of aromatic nitrogens is 1. The fraction of sp³-hybridized carbons (Fsp3) is 0.429. The Kier molecular flexibility index (Phi) is 4.26. The van der Waals surface area contributed by atoms with Crippen LogP contribution in [0.25, 0.3) is 10.1 Å². The summed E-state index contributed by atoms with van der Waals surface area (Å²) in [7, 11) is -3.23. The van der Waals surface area contributed by atoms with Crippen molar-refractivity contribution in [3.05, 3.63) is 33.6 Å². The minimum Gasteiger partial charge on any atom is -0.338 e. The standard InChI is InChI=1S/C14H17N3O4S2/c1-23(20,21)16-10-3-6-17(7-4-10)14(19)11-8-9-2-5-15-13(18)12(9)22-11/h2,5,8,10,16H,3-4,6-7H2,1H3,(H,15,18). The van der Waals surface area contributed by atoms with Crippen LogP contribution in [0.5, 0.6) is 0 Å². The van der Waals surface area contributed by atoms with Crippen LogP contribution in [-0.4, -0.2) is 49.6 Å². The van der Waals surface area contributed by atoms with E-state index in [1.165, 1.54) is 11.3 Å². The van der Waals surface area contributed by atoms with E-state index in [2.05, 4.69) is 9.71 Å². The zero-order valence-corrected chi connectivity index (χ0v) is 14.2. The number of piperidine rings is 1. The lowest BCUT2D eigenvalue weighted by Gasteiger charge is -2.31. The van der Waals surface area contributed by atoms with Crippen LogP contribution in [0.15, 0.2) is 23.1 Å². The number of fused-ring (bicyclic) bond motifs is 1. The molecule has 2 aromatic rings. The Labute approximate surface area is 137 Å². The molecule has 0 aromatic carbocycles. The topological polar surface area (TPSA) is 99.3 Å². The number of H-pyrrole nitrogens is 1. The van der Waals surface area contributed by atoms with Crippen LogP contribution >= 0.6 is 11.3 Å². The van der Waals surface area contributed by atoms with Crippen LogP contribution in [0, 0.1) is 0 Å². The number of likely N-dealkylation sites (tertiary alicyclic amines) is 1. The molecule has 0 spiro atoms. The van der Waals surface area contributed by atoms with Crippen molar-refractivity contribution in [2.24, 2.45) is 0 Å². The maximum Gasteiger partial charge on any atom is 0.265 e. The maximum atomic E-state index is 12.6. The van der Waals surface area contributed by atoms with Gasteiger partial charge in [-0.2, -0.15) is 0 Å². The molecule has 1 amide bonds. The lowest BCUT2D eigenvalue weighted by molar-refractivity contribution is 0.0716. The molecule has 1 fully saturated rings. The molecule has 0 saturated carbocycles. The first-order chi connectivity index (χ1) is 10.8. The number of hydrogen-bond acceptors (Lipinski definition) is 5. The van der Waals surface area contributed by atoms with E-state index in [0.717, 1.165) is 11.6 Å². The number of pyridine rings is 1. The molecular formula is C14H17N3O4S2. The van der Waals surface area contributed by atoms with E-state index in [1.54, 1.807) is 23.2 Å². The molecule has 0 atom stereocenters. The number of rotatable bonds is 3. The Bertz CT molecular complexity index is 892. The largest absolute Gasteiger partial charge is 0.338 e. The van der Waals surface area contributed by atoms with Crippen molar-refractivity contribution in [2.75, 3.05) is 19.3 Å². The van der Waals surface area contributed by atoms with Gasteiger partial charge in [-0.25, -0.2) is 13.1 Å². The number of sulfonamides is 1. The third-order valence-corrected chi connectivity index (χ3v) is 5.72. The molecule has 0 radical (unpaired) electrons. The number of hydrogen-bond donors (Lipinski definition) is 2. The van der Waals surface area contributed by atoms with Crippen LogP contribution in [0.1, 0.15) is 22.5 Å². The van der Waals surface area contributed by atoms with Crippen LogP contribution in [-0.2, 0) is 10.0 Å². The first kappa shape index (κ1) is 16.2. The molecule has 0 aliphatic carbocycles. The van der Waals surface area contributed by atoms with Crippen molar-refractivity contribution >= 4 is 37.4 Å². The van der Waals surface area contributed by atoms with Crippen molar-refractivity contribution in [1.29, 1.82) is 0 Å². The van der Waals surface area contributed by atoms with Crippen LogP contribution in [0.2, 0.25) is 0 Å². The molecule has 3 heterocycles. The Morgan fingerprint density at radius 1 is 1.39 bits per heavy atom. The number of nitrogens with one attached hydrogen (secondary N) is 2. The van der Waals surface area contributed by atoms with E-state index in [1.807, 2.05) is 0 Å². The van der Waals surface area contributed by atoms with Gasteiger partial charge in [-0.15, -0.1) is 11.3 Å². The van der Waals surface area contributed by atoms with Gasteiger partial charge in [-0.1, -0.05) is 0 Å². The van der Waals surface area contributed by atoms with Crippen molar-refractivity contribution < 1.29 is 13.2 Å². The summed E-state index contributed by atoms with van der Waals surface area (Å²) in [5.74, 6) is -0.108. The molecule has 9 heteroatoms. The quantitative estimate of drug-likeness (QED) is 0.848. The maximum absolute atomic E-state index is 12.6. The highest BCUT2D eigenvalue weighted by atomic mass is 32.2. The summed E-state index contributed by atoms with van der Waals surface area (Å²) < 4.78 is 25.6. The zero-order valence-electron chi connectivity index (χ0n) is 12.5. The lowest BCUT2D eigenvalue weighted by atomic mass is 10.1. The monoisotopic (exact) mass is 355 g/mol. The average molecular weight is 355 g/mol. The molecule has 2 aromatic heterocycles. The van der Waals surface area contributed by atoms with E-state index in [4.69, 9.17) is 0 Å². The van der Waals surface area contributed by atoms with Gasteiger partial charge in [-0.05, 0) is 25.0 Å². The second-order valence-electron chi connectivity index (χ2n) is 5.66. The van der Waals surface area contributed by atoms with Crippen LogP contribution < -0.4 is 10.3 Å². The molecule has 0 unspecified atom stereocenters. The summed E-state index contributed by atoms with van der Waals surface area (Å²) in [6.07, 6.45) is 3.88. The Morgan fingerprint density at radius 2 is 2.09 bits per heavy atom.